The number of nitrogens with two attached hydrogens (primary N) is 1. The van der Waals surface area contributed by atoms with E-state index in [0.717, 1.165) is 30.7 Å². The molecule has 1 aromatic carbocycles. The van der Waals surface area contributed by atoms with E-state index in [2.05, 4.69) is 30.7 Å². The van der Waals surface area contributed by atoms with Gasteiger partial charge in [0.1, 0.15) is 12.4 Å². The van der Waals surface area contributed by atoms with Gasteiger partial charge >= 0.3 is 0 Å². The Morgan fingerprint density at radius 2 is 2.12 bits per heavy atom. The third-order valence-corrected chi connectivity index (χ3v) is 5.91. The molecular weight excluding hydrogens is 422 g/mol. The average molecular weight is 448 g/mol. The molecule has 1 aliphatic carbocycles. The van der Waals surface area contributed by atoms with Crippen molar-refractivity contribution < 1.29 is 9.53 Å². The van der Waals surface area contributed by atoms with Crippen LogP contribution in [0.25, 0.3) is 16.9 Å². The number of primary amides is 1. The van der Waals surface area contributed by atoms with Crippen molar-refractivity contribution in [1.82, 2.24) is 34.7 Å². The Hall–Kier alpha value is -4.02. The van der Waals surface area contributed by atoms with Gasteiger partial charge in [0.25, 0.3) is 0 Å². The Bertz CT molecular complexity index is 1220. The molecule has 3 heterocycles. The largest absolute Gasteiger partial charge is 0.492 e. The smallest absolute Gasteiger partial charge is 0.224 e. The van der Waals surface area contributed by atoms with E-state index in [-0.39, 0.29) is 11.8 Å². The van der Waals surface area contributed by atoms with Crippen LogP contribution in [-0.2, 0) is 11.3 Å². The number of ether oxygens (including phenoxy) is 1. The quantitative estimate of drug-likeness (QED) is 0.396. The van der Waals surface area contributed by atoms with Gasteiger partial charge in [-0.2, -0.15) is 14.8 Å². The van der Waals surface area contributed by atoms with Gasteiger partial charge in [0, 0.05) is 24.9 Å². The number of amides is 1. The highest BCUT2D eigenvalue weighted by Crippen LogP contribution is 2.30. The molecule has 11 heteroatoms. The maximum atomic E-state index is 11.4. The molecule has 0 spiro atoms. The summed E-state index contributed by atoms with van der Waals surface area (Å²) in [6.45, 7) is 1.90. The second-order valence-electron chi connectivity index (χ2n) is 8.17. The molecule has 0 bridgehead atoms. The number of anilines is 1. The molecule has 1 saturated carbocycles. The van der Waals surface area contributed by atoms with Gasteiger partial charge in [-0.1, -0.05) is 5.21 Å². The minimum Gasteiger partial charge on any atom is -0.492 e. The number of aromatic nitrogens is 7. The van der Waals surface area contributed by atoms with E-state index in [0.29, 0.717) is 42.7 Å². The predicted molar refractivity (Wildman–Crippen MR) is 121 cm³/mol. The van der Waals surface area contributed by atoms with Crippen molar-refractivity contribution in [3.8, 4) is 11.4 Å². The van der Waals surface area contributed by atoms with Crippen LogP contribution in [0.1, 0.15) is 19.3 Å². The monoisotopic (exact) mass is 447 g/mol. The number of nitrogens with one attached hydrogen (secondary N) is 1. The van der Waals surface area contributed by atoms with Gasteiger partial charge < -0.3 is 15.8 Å². The SMILES string of the molecule is NC(=O)[C@@H]1CC[C@@H](CNc2ncc3nnn(-c4ccc(OCCn5cccn5)cc4)c3n2)C1. The van der Waals surface area contributed by atoms with Crippen LogP contribution in [0.4, 0.5) is 5.95 Å². The number of nitrogens with zero attached hydrogens (tertiary/aromatic N) is 7. The zero-order valence-corrected chi connectivity index (χ0v) is 18.0. The van der Waals surface area contributed by atoms with Crippen molar-refractivity contribution in [2.24, 2.45) is 17.6 Å². The Morgan fingerprint density at radius 3 is 2.88 bits per heavy atom. The topological polar surface area (TPSA) is 139 Å². The fourth-order valence-corrected chi connectivity index (χ4v) is 4.11. The number of carbonyl (C=O) groups excluding carboxylic acids is 1. The second-order valence-corrected chi connectivity index (χ2v) is 8.17. The standard InChI is InChI=1S/C22H25N9O2/c23-20(32)16-3-2-15(12-16)13-24-22-25-14-19-21(27-22)31(29-28-19)17-4-6-18(7-5-17)33-11-10-30-9-1-8-26-30/h1,4-9,14-16H,2-3,10-13H2,(H2,23,32)(H,24,25,27)/t15-,16-/m1/s1. The van der Waals surface area contributed by atoms with Gasteiger partial charge in [0.2, 0.25) is 11.9 Å². The lowest BCUT2D eigenvalue weighted by Gasteiger charge is -2.11. The van der Waals surface area contributed by atoms with Crippen molar-refractivity contribution in [1.29, 1.82) is 0 Å². The van der Waals surface area contributed by atoms with Gasteiger partial charge in [0.05, 0.1) is 18.4 Å². The molecular formula is C22H25N9O2. The van der Waals surface area contributed by atoms with Gasteiger partial charge in [0.15, 0.2) is 11.2 Å². The number of carbonyl (C=O) groups is 1. The van der Waals surface area contributed by atoms with Gasteiger partial charge in [-0.25, -0.2) is 4.98 Å². The average Bonchev–Trinajstić information content (AvgIpc) is 3.59. The summed E-state index contributed by atoms with van der Waals surface area (Å²) < 4.78 is 9.29. The Morgan fingerprint density at radius 1 is 1.24 bits per heavy atom. The van der Waals surface area contributed by atoms with Gasteiger partial charge in [-0.3, -0.25) is 9.48 Å². The Labute approximate surface area is 190 Å². The molecule has 0 unspecified atom stereocenters. The Balaban J connectivity index is 1.23. The van der Waals surface area contributed by atoms with Crippen molar-refractivity contribution in [3.63, 3.8) is 0 Å². The Kier molecular flexibility index (Phi) is 5.83. The van der Waals surface area contributed by atoms with Gasteiger partial charge in [-0.05, 0) is 55.5 Å². The third-order valence-electron chi connectivity index (χ3n) is 5.91. The molecule has 0 radical (unpaired) electrons. The summed E-state index contributed by atoms with van der Waals surface area (Å²) in [7, 11) is 0. The van der Waals surface area contributed by atoms with E-state index in [1.165, 1.54) is 0 Å². The summed E-state index contributed by atoms with van der Waals surface area (Å²) in [6, 6.07) is 9.49. The van der Waals surface area contributed by atoms with E-state index in [4.69, 9.17) is 10.5 Å². The van der Waals surface area contributed by atoms with Crippen LogP contribution in [0.2, 0.25) is 0 Å². The fraction of sp³-hybridized carbons (Fsp3) is 0.364. The van der Waals surface area contributed by atoms with Gasteiger partial charge in [-0.15, -0.1) is 5.10 Å². The number of fused-ring (bicyclic) bond motifs is 1. The summed E-state index contributed by atoms with van der Waals surface area (Å²) in [6.07, 6.45) is 7.93. The van der Waals surface area contributed by atoms with Crippen molar-refractivity contribution in [2.45, 2.75) is 25.8 Å². The van der Waals surface area contributed by atoms with Crippen molar-refractivity contribution in [2.75, 3.05) is 18.5 Å². The van der Waals surface area contributed by atoms with E-state index in [1.54, 1.807) is 17.1 Å². The van der Waals surface area contributed by atoms with E-state index in [1.807, 2.05) is 41.2 Å². The highest BCUT2D eigenvalue weighted by Gasteiger charge is 2.28. The molecule has 1 amide bonds. The molecule has 3 aromatic heterocycles. The molecule has 3 N–H and O–H groups in total. The molecule has 11 nitrogen and oxygen atoms in total. The van der Waals surface area contributed by atoms with Crippen molar-refractivity contribution >= 4 is 23.0 Å². The first-order valence-electron chi connectivity index (χ1n) is 11.0. The van der Waals surface area contributed by atoms with Crippen LogP contribution in [0.5, 0.6) is 5.75 Å². The lowest BCUT2D eigenvalue weighted by atomic mass is 10.0. The molecule has 4 aromatic rings. The maximum absolute atomic E-state index is 11.4. The summed E-state index contributed by atoms with van der Waals surface area (Å²) in [5, 5.41) is 15.8. The summed E-state index contributed by atoms with van der Waals surface area (Å²) >= 11 is 0. The second kappa shape index (κ2) is 9.23. The van der Waals surface area contributed by atoms with Crippen LogP contribution in [0.15, 0.2) is 48.9 Å². The number of rotatable bonds is 9. The lowest BCUT2D eigenvalue weighted by molar-refractivity contribution is -0.121. The molecule has 0 aliphatic heterocycles. The molecule has 1 aliphatic rings. The molecule has 1 fully saturated rings. The molecule has 0 saturated heterocycles. The zero-order valence-electron chi connectivity index (χ0n) is 18.0. The first kappa shape index (κ1) is 20.9. The first-order chi connectivity index (χ1) is 16.2. The minimum absolute atomic E-state index is 0.0247. The van der Waals surface area contributed by atoms with E-state index < -0.39 is 0 Å². The van der Waals surface area contributed by atoms with E-state index >= 15 is 0 Å². The lowest BCUT2D eigenvalue weighted by Crippen LogP contribution is -2.21. The third kappa shape index (κ3) is 4.76. The summed E-state index contributed by atoms with van der Waals surface area (Å²) in [4.78, 5) is 20.3. The van der Waals surface area contributed by atoms with E-state index in [9.17, 15) is 4.79 Å². The zero-order chi connectivity index (χ0) is 22.6. The predicted octanol–water partition coefficient (Wildman–Crippen LogP) is 1.80. The number of benzene rings is 1. The molecule has 33 heavy (non-hydrogen) atoms. The summed E-state index contributed by atoms with van der Waals surface area (Å²) in [5.74, 6) is 1.42. The highest BCUT2D eigenvalue weighted by molar-refractivity contribution is 5.77. The number of hydrogen-bond donors (Lipinski definition) is 2. The molecule has 5 rings (SSSR count). The van der Waals surface area contributed by atoms with Crippen LogP contribution >= 0.6 is 0 Å². The fourth-order valence-electron chi connectivity index (χ4n) is 4.11. The normalized spacial score (nSPS) is 17.9. The number of hydrogen-bond acceptors (Lipinski definition) is 8. The van der Waals surface area contributed by atoms with Crippen molar-refractivity contribution in [3.05, 3.63) is 48.9 Å². The first-order valence-corrected chi connectivity index (χ1v) is 11.0. The summed E-state index contributed by atoms with van der Waals surface area (Å²) in [5.41, 5.74) is 7.47. The van der Waals surface area contributed by atoms with Crippen LogP contribution in [0, 0.1) is 11.8 Å². The highest BCUT2D eigenvalue weighted by atomic mass is 16.5. The van der Waals surface area contributed by atoms with Crippen LogP contribution in [-0.4, -0.2) is 53.8 Å². The maximum Gasteiger partial charge on any atom is 0.224 e. The minimum atomic E-state index is -0.209. The molecule has 170 valence electrons. The molecule has 2 atom stereocenters. The van der Waals surface area contributed by atoms with Crippen LogP contribution in [0.3, 0.4) is 0 Å². The van der Waals surface area contributed by atoms with Crippen LogP contribution < -0.4 is 15.8 Å².